The molecule has 0 radical (unpaired) electrons. The van der Waals surface area contributed by atoms with Gasteiger partial charge in [-0.2, -0.15) is 18.4 Å². The van der Waals surface area contributed by atoms with Gasteiger partial charge in [-0.15, -0.1) is 0 Å². The van der Waals surface area contributed by atoms with Crippen LogP contribution in [0.4, 0.5) is 0 Å². The van der Waals surface area contributed by atoms with Crippen LogP contribution in [0.25, 0.3) is 11.3 Å². The summed E-state index contributed by atoms with van der Waals surface area (Å²) in [6, 6.07) is 16.9. The number of hydrogen-bond acceptors (Lipinski definition) is 4. The normalized spacial score (nSPS) is 11.8. The summed E-state index contributed by atoms with van der Waals surface area (Å²) in [5.74, 6) is 1.09. The van der Waals surface area contributed by atoms with Crippen LogP contribution in [0.5, 0.6) is 0 Å². The van der Waals surface area contributed by atoms with Gasteiger partial charge in [-0.1, -0.05) is 39.7 Å². The van der Waals surface area contributed by atoms with Crippen molar-refractivity contribution in [2.75, 3.05) is 0 Å². The lowest BCUT2D eigenvalue weighted by atomic mass is 10.2. The molecule has 0 fully saturated rings. The molecule has 0 aliphatic heterocycles. The third-order valence-electron chi connectivity index (χ3n) is 3.24. The standard InChI is InChI=1S/C17H12BrClN2O3S/c18-13-3-1-12(2-4-13)17-10-7-15(24-17)11-20-21-25(22,23)16-8-5-14(19)6-9-16/h1-11,21H/b20-11+. The Balaban J connectivity index is 1.70. The van der Waals surface area contributed by atoms with Crippen molar-refractivity contribution in [3.63, 3.8) is 0 Å². The number of nitrogens with zero attached hydrogens (tertiary/aromatic N) is 1. The lowest BCUT2D eigenvalue weighted by Gasteiger charge is -2.02. The van der Waals surface area contributed by atoms with Crippen LogP contribution in [-0.4, -0.2) is 14.6 Å². The third kappa shape index (κ3) is 4.50. The molecule has 0 aliphatic rings. The number of sulfonamides is 1. The number of hydrogen-bond donors (Lipinski definition) is 1. The first-order chi connectivity index (χ1) is 11.9. The minimum atomic E-state index is -3.75. The molecule has 25 heavy (non-hydrogen) atoms. The number of halogens is 2. The molecule has 1 N–H and O–H groups in total. The summed E-state index contributed by atoms with van der Waals surface area (Å²) in [5.41, 5.74) is 0.907. The molecule has 0 bridgehead atoms. The van der Waals surface area contributed by atoms with Gasteiger partial charge in [0.15, 0.2) is 0 Å². The van der Waals surface area contributed by atoms with E-state index in [1.165, 1.54) is 30.5 Å². The van der Waals surface area contributed by atoms with Crippen LogP contribution in [0.3, 0.4) is 0 Å². The molecule has 3 rings (SSSR count). The third-order valence-corrected chi connectivity index (χ3v) is 5.26. The maximum absolute atomic E-state index is 12.1. The van der Waals surface area contributed by atoms with Crippen molar-refractivity contribution in [3.05, 3.63) is 75.9 Å². The summed E-state index contributed by atoms with van der Waals surface area (Å²) in [6.07, 6.45) is 1.30. The molecule has 0 atom stereocenters. The van der Waals surface area contributed by atoms with Gasteiger partial charge >= 0.3 is 0 Å². The van der Waals surface area contributed by atoms with Crippen LogP contribution in [-0.2, 0) is 10.0 Å². The quantitative estimate of drug-likeness (QED) is 0.464. The lowest BCUT2D eigenvalue weighted by molar-refractivity contribution is 0.573. The maximum Gasteiger partial charge on any atom is 0.276 e. The highest BCUT2D eigenvalue weighted by atomic mass is 79.9. The molecule has 0 saturated heterocycles. The molecule has 1 heterocycles. The highest BCUT2D eigenvalue weighted by Gasteiger charge is 2.12. The van der Waals surface area contributed by atoms with Gasteiger partial charge in [-0.3, -0.25) is 0 Å². The Kier molecular flexibility index (Phi) is 5.27. The Morgan fingerprint density at radius 1 is 1.00 bits per heavy atom. The fourth-order valence-electron chi connectivity index (χ4n) is 2.02. The SMILES string of the molecule is O=S(=O)(N/N=C/c1ccc(-c2ccc(Br)cc2)o1)c1ccc(Cl)cc1. The number of hydrazone groups is 1. The predicted molar refractivity (Wildman–Crippen MR) is 101 cm³/mol. The molecule has 128 valence electrons. The van der Waals surface area contributed by atoms with Crippen molar-refractivity contribution in [3.8, 4) is 11.3 Å². The van der Waals surface area contributed by atoms with E-state index in [1.807, 2.05) is 24.3 Å². The second kappa shape index (κ2) is 7.43. The van der Waals surface area contributed by atoms with Crippen LogP contribution in [0.2, 0.25) is 5.02 Å². The van der Waals surface area contributed by atoms with Gasteiger partial charge in [0.25, 0.3) is 10.0 Å². The Labute approximate surface area is 158 Å². The largest absolute Gasteiger partial charge is 0.455 e. The summed E-state index contributed by atoms with van der Waals surface area (Å²) < 4.78 is 30.8. The van der Waals surface area contributed by atoms with Gasteiger partial charge in [0, 0.05) is 15.1 Å². The number of nitrogens with one attached hydrogen (secondary N) is 1. The minimum Gasteiger partial charge on any atom is -0.455 e. The highest BCUT2D eigenvalue weighted by molar-refractivity contribution is 9.10. The van der Waals surface area contributed by atoms with Gasteiger partial charge in [0.2, 0.25) is 0 Å². The van der Waals surface area contributed by atoms with E-state index in [2.05, 4.69) is 25.9 Å². The minimum absolute atomic E-state index is 0.0732. The molecule has 0 aliphatic carbocycles. The van der Waals surface area contributed by atoms with Gasteiger partial charge in [0.1, 0.15) is 11.5 Å². The summed E-state index contributed by atoms with van der Waals surface area (Å²) >= 11 is 9.12. The van der Waals surface area contributed by atoms with E-state index in [0.717, 1.165) is 10.0 Å². The average Bonchev–Trinajstić information content (AvgIpc) is 3.04. The van der Waals surface area contributed by atoms with Gasteiger partial charge in [-0.25, -0.2) is 0 Å². The van der Waals surface area contributed by atoms with Crippen molar-refractivity contribution in [1.82, 2.24) is 4.83 Å². The zero-order chi connectivity index (χ0) is 17.9. The smallest absolute Gasteiger partial charge is 0.276 e. The summed E-state index contributed by atoms with van der Waals surface area (Å²) in [4.78, 5) is 2.21. The fourth-order valence-corrected chi connectivity index (χ4v) is 3.20. The summed E-state index contributed by atoms with van der Waals surface area (Å²) in [5, 5.41) is 4.19. The van der Waals surface area contributed by atoms with Crippen molar-refractivity contribution in [1.29, 1.82) is 0 Å². The van der Waals surface area contributed by atoms with E-state index in [4.69, 9.17) is 16.0 Å². The van der Waals surface area contributed by atoms with Crippen molar-refractivity contribution in [2.45, 2.75) is 4.90 Å². The molecule has 0 spiro atoms. The first kappa shape index (κ1) is 17.7. The van der Waals surface area contributed by atoms with E-state index in [9.17, 15) is 8.42 Å². The van der Waals surface area contributed by atoms with Crippen LogP contribution in [0.15, 0.2) is 79.6 Å². The van der Waals surface area contributed by atoms with Crippen molar-refractivity contribution in [2.24, 2.45) is 5.10 Å². The molecule has 0 amide bonds. The average molecular weight is 440 g/mol. The van der Waals surface area contributed by atoms with Crippen LogP contribution >= 0.6 is 27.5 Å². The van der Waals surface area contributed by atoms with Gasteiger partial charge < -0.3 is 4.42 Å². The highest BCUT2D eigenvalue weighted by Crippen LogP contribution is 2.23. The second-order valence-corrected chi connectivity index (χ2v) is 8.03. The molecule has 2 aromatic carbocycles. The predicted octanol–water partition coefficient (Wildman–Crippen LogP) is 4.67. The van der Waals surface area contributed by atoms with E-state index >= 15 is 0 Å². The van der Waals surface area contributed by atoms with Crippen LogP contribution < -0.4 is 4.83 Å². The second-order valence-electron chi connectivity index (χ2n) is 5.02. The fraction of sp³-hybridized carbons (Fsp3) is 0. The molecule has 8 heteroatoms. The summed E-state index contributed by atoms with van der Waals surface area (Å²) in [7, 11) is -3.75. The summed E-state index contributed by atoms with van der Waals surface area (Å²) in [6.45, 7) is 0. The Bertz CT molecular complexity index is 997. The Morgan fingerprint density at radius 2 is 1.68 bits per heavy atom. The maximum atomic E-state index is 12.1. The number of benzene rings is 2. The van der Waals surface area contributed by atoms with E-state index in [1.54, 1.807) is 12.1 Å². The Hall–Kier alpha value is -2.09. The Morgan fingerprint density at radius 3 is 2.36 bits per heavy atom. The molecule has 1 aromatic heterocycles. The molecule has 0 unspecified atom stereocenters. The van der Waals surface area contributed by atoms with E-state index < -0.39 is 10.0 Å². The molecule has 3 aromatic rings. The molecule has 0 saturated carbocycles. The number of rotatable bonds is 5. The first-order valence-electron chi connectivity index (χ1n) is 7.10. The number of furan rings is 1. The molecular weight excluding hydrogens is 428 g/mol. The van der Waals surface area contributed by atoms with Crippen LogP contribution in [0.1, 0.15) is 5.76 Å². The lowest BCUT2D eigenvalue weighted by Crippen LogP contribution is -2.18. The zero-order valence-electron chi connectivity index (χ0n) is 12.7. The van der Waals surface area contributed by atoms with E-state index in [-0.39, 0.29) is 4.90 Å². The van der Waals surface area contributed by atoms with Gasteiger partial charge in [-0.05, 0) is 48.5 Å². The molecule has 5 nitrogen and oxygen atoms in total. The topological polar surface area (TPSA) is 71.7 Å². The molecular formula is C17H12BrClN2O3S. The van der Waals surface area contributed by atoms with Crippen molar-refractivity contribution < 1.29 is 12.8 Å². The van der Waals surface area contributed by atoms with Crippen LogP contribution in [0, 0.1) is 0 Å². The van der Waals surface area contributed by atoms with Crippen molar-refractivity contribution >= 4 is 43.8 Å². The monoisotopic (exact) mass is 438 g/mol. The first-order valence-corrected chi connectivity index (χ1v) is 9.76. The van der Waals surface area contributed by atoms with Gasteiger partial charge in [0.05, 0.1) is 11.1 Å². The zero-order valence-corrected chi connectivity index (χ0v) is 15.8. The van der Waals surface area contributed by atoms with E-state index in [0.29, 0.717) is 16.5 Å².